The summed E-state index contributed by atoms with van der Waals surface area (Å²) in [5, 5.41) is 2.93. The highest BCUT2D eigenvalue weighted by atomic mass is 32.2. The molecule has 19 heavy (non-hydrogen) atoms. The molecule has 0 saturated heterocycles. The van der Waals surface area contributed by atoms with Gasteiger partial charge in [0.25, 0.3) is 0 Å². The fraction of sp³-hybridized carbons (Fsp3) is 0.500. The van der Waals surface area contributed by atoms with Gasteiger partial charge >= 0.3 is 0 Å². The molecule has 2 N–H and O–H groups in total. The standard InChI is InChI=1S/C12H18F2N2O2S/c1-4-15-7-9-5-10(13)12(14)11(6-9)19(17,18)16-8(2)3/h5-6,8,15-16H,4,7H2,1-3H3. The van der Waals surface area contributed by atoms with E-state index in [1.54, 1.807) is 13.8 Å². The lowest BCUT2D eigenvalue weighted by Gasteiger charge is -2.12. The maximum Gasteiger partial charge on any atom is 0.243 e. The van der Waals surface area contributed by atoms with E-state index in [-0.39, 0.29) is 6.54 Å². The second kappa shape index (κ2) is 6.40. The quantitative estimate of drug-likeness (QED) is 0.840. The first kappa shape index (κ1) is 16.0. The maximum absolute atomic E-state index is 13.6. The number of nitrogens with one attached hydrogen (secondary N) is 2. The fourth-order valence-corrected chi connectivity index (χ4v) is 2.95. The van der Waals surface area contributed by atoms with Crippen LogP contribution in [0.15, 0.2) is 17.0 Å². The molecule has 1 aromatic carbocycles. The molecule has 108 valence electrons. The van der Waals surface area contributed by atoms with Crippen LogP contribution >= 0.6 is 0 Å². The predicted molar refractivity (Wildman–Crippen MR) is 69.2 cm³/mol. The molecule has 0 fully saturated rings. The highest BCUT2D eigenvalue weighted by Gasteiger charge is 2.23. The minimum Gasteiger partial charge on any atom is -0.313 e. The Balaban J connectivity index is 3.22. The number of benzene rings is 1. The van der Waals surface area contributed by atoms with Crippen molar-refractivity contribution in [2.24, 2.45) is 0 Å². The van der Waals surface area contributed by atoms with Gasteiger partial charge in [-0.25, -0.2) is 21.9 Å². The number of halogens is 2. The molecule has 0 spiro atoms. The molecule has 0 atom stereocenters. The molecule has 0 heterocycles. The molecule has 0 aromatic heterocycles. The summed E-state index contributed by atoms with van der Waals surface area (Å²) in [6.07, 6.45) is 0. The molecule has 0 bridgehead atoms. The van der Waals surface area contributed by atoms with Gasteiger partial charge in [0.15, 0.2) is 11.6 Å². The van der Waals surface area contributed by atoms with Crippen LogP contribution in [-0.4, -0.2) is 21.0 Å². The largest absolute Gasteiger partial charge is 0.313 e. The molecular weight excluding hydrogens is 274 g/mol. The molecule has 0 saturated carbocycles. The zero-order valence-corrected chi connectivity index (χ0v) is 11.9. The third-order valence-corrected chi connectivity index (χ3v) is 3.97. The smallest absolute Gasteiger partial charge is 0.243 e. The summed E-state index contributed by atoms with van der Waals surface area (Å²) in [7, 11) is -4.05. The van der Waals surface area contributed by atoms with Crippen molar-refractivity contribution in [2.45, 2.75) is 38.3 Å². The van der Waals surface area contributed by atoms with Gasteiger partial charge in [-0.2, -0.15) is 0 Å². The molecule has 1 aromatic rings. The maximum atomic E-state index is 13.6. The van der Waals surface area contributed by atoms with E-state index in [9.17, 15) is 17.2 Å². The molecule has 0 aliphatic heterocycles. The van der Waals surface area contributed by atoms with Crippen molar-refractivity contribution >= 4 is 10.0 Å². The van der Waals surface area contributed by atoms with E-state index in [0.29, 0.717) is 12.1 Å². The second-order valence-corrected chi connectivity index (χ2v) is 6.13. The molecule has 4 nitrogen and oxygen atoms in total. The summed E-state index contributed by atoms with van der Waals surface area (Å²) < 4.78 is 53.1. The van der Waals surface area contributed by atoms with E-state index in [2.05, 4.69) is 10.0 Å². The Morgan fingerprint density at radius 2 is 1.89 bits per heavy atom. The van der Waals surface area contributed by atoms with Gasteiger partial charge in [0.2, 0.25) is 10.0 Å². The van der Waals surface area contributed by atoms with Gasteiger partial charge in [0.1, 0.15) is 4.90 Å². The van der Waals surface area contributed by atoms with Crippen molar-refractivity contribution < 1.29 is 17.2 Å². The lowest BCUT2D eigenvalue weighted by atomic mass is 10.2. The second-order valence-electron chi connectivity index (χ2n) is 4.45. The van der Waals surface area contributed by atoms with Crippen molar-refractivity contribution in [3.63, 3.8) is 0 Å². The van der Waals surface area contributed by atoms with Gasteiger partial charge in [0, 0.05) is 12.6 Å². The zero-order valence-electron chi connectivity index (χ0n) is 11.1. The lowest BCUT2D eigenvalue weighted by molar-refractivity contribution is 0.479. The molecule has 0 amide bonds. The third kappa shape index (κ3) is 4.22. The summed E-state index contributed by atoms with van der Waals surface area (Å²) >= 11 is 0. The number of sulfonamides is 1. The molecule has 7 heteroatoms. The third-order valence-electron chi connectivity index (χ3n) is 2.31. The van der Waals surface area contributed by atoms with Crippen molar-refractivity contribution in [3.8, 4) is 0 Å². The average molecular weight is 292 g/mol. The van der Waals surface area contributed by atoms with Gasteiger partial charge in [-0.3, -0.25) is 0 Å². The first-order valence-corrected chi connectivity index (χ1v) is 7.47. The van der Waals surface area contributed by atoms with Crippen LogP contribution < -0.4 is 10.0 Å². The molecule has 0 unspecified atom stereocenters. The normalized spacial score (nSPS) is 12.1. The fourth-order valence-electron chi connectivity index (χ4n) is 1.56. The monoisotopic (exact) mass is 292 g/mol. The van der Waals surface area contributed by atoms with Crippen LogP contribution in [0.1, 0.15) is 26.3 Å². The van der Waals surface area contributed by atoms with E-state index in [0.717, 1.165) is 12.1 Å². The predicted octanol–water partition coefficient (Wildman–Crippen LogP) is 1.76. The summed E-state index contributed by atoms with van der Waals surface area (Å²) in [5.41, 5.74) is 0.380. The minimum atomic E-state index is -4.05. The van der Waals surface area contributed by atoms with Crippen LogP contribution in [0.25, 0.3) is 0 Å². The number of rotatable bonds is 6. The van der Waals surface area contributed by atoms with Gasteiger partial charge in [0.05, 0.1) is 0 Å². The van der Waals surface area contributed by atoms with E-state index in [1.807, 2.05) is 6.92 Å². The zero-order chi connectivity index (χ0) is 14.6. The topological polar surface area (TPSA) is 58.2 Å². The van der Waals surface area contributed by atoms with E-state index >= 15 is 0 Å². The average Bonchev–Trinajstić information content (AvgIpc) is 2.28. The summed E-state index contributed by atoms with van der Waals surface area (Å²) in [6, 6.07) is 1.74. The van der Waals surface area contributed by atoms with Crippen molar-refractivity contribution in [2.75, 3.05) is 6.54 Å². The molecule has 0 aliphatic rings. The summed E-state index contributed by atoms with van der Waals surface area (Å²) in [4.78, 5) is -0.658. The van der Waals surface area contributed by atoms with Crippen LogP contribution in [0.3, 0.4) is 0 Å². The first-order valence-electron chi connectivity index (χ1n) is 5.99. The van der Waals surface area contributed by atoms with Gasteiger partial charge in [-0.05, 0) is 38.1 Å². The first-order chi connectivity index (χ1) is 8.77. The van der Waals surface area contributed by atoms with Crippen LogP contribution in [0, 0.1) is 11.6 Å². The molecule has 0 radical (unpaired) electrons. The number of hydrogen-bond donors (Lipinski definition) is 2. The highest BCUT2D eigenvalue weighted by Crippen LogP contribution is 2.20. The lowest BCUT2D eigenvalue weighted by Crippen LogP contribution is -2.31. The molecular formula is C12H18F2N2O2S. The van der Waals surface area contributed by atoms with Gasteiger partial charge in [-0.15, -0.1) is 0 Å². The van der Waals surface area contributed by atoms with Crippen LogP contribution in [0.5, 0.6) is 0 Å². The number of hydrogen-bond acceptors (Lipinski definition) is 3. The Labute approximate surface area is 112 Å². The van der Waals surface area contributed by atoms with Crippen molar-refractivity contribution in [1.82, 2.24) is 10.0 Å². The van der Waals surface area contributed by atoms with Crippen LogP contribution in [-0.2, 0) is 16.6 Å². The Bertz CT molecular complexity index is 545. The van der Waals surface area contributed by atoms with E-state index in [4.69, 9.17) is 0 Å². The van der Waals surface area contributed by atoms with Crippen LogP contribution in [0.2, 0.25) is 0 Å². The summed E-state index contributed by atoms with van der Waals surface area (Å²) in [5.74, 6) is -2.52. The minimum absolute atomic E-state index is 0.276. The van der Waals surface area contributed by atoms with E-state index < -0.39 is 32.6 Å². The van der Waals surface area contributed by atoms with Crippen LogP contribution in [0.4, 0.5) is 8.78 Å². The molecule has 1 rings (SSSR count). The van der Waals surface area contributed by atoms with Crippen molar-refractivity contribution in [1.29, 1.82) is 0 Å². The Morgan fingerprint density at radius 1 is 1.26 bits per heavy atom. The van der Waals surface area contributed by atoms with E-state index in [1.165, 1.54) is 0 Å². The highest BCUT2D eigenvalue weighted by molar-refractivity contribution is 7.89. The Kier molecular flexibility index (Phi) is 5.39. The Hall–Kier alpha value is -1.05. The molecule has 0 aliphatic carbocycles. The summed E-state index contributed by atoms with van der Waals surface area (Å²) in [6.45, 7) is 5.99. The van der Waals surface area contributed by atoms with Crippen molar-refractivity contribution in [3.05, 3.63) is 29.3 Å². The Morgan fingerprint density at radius 3 is 2.42 bits per heavy atom. The van der Waals surface area contributed by atoms with Gasteiger partial charge < -0.3 is 5.32 Å². The van der Waals surface area contributed by atoms with Gasteiger partial charge in [-0.1, -0.05) is 6.92 Å². The SMILES string of the molecule is CCNCc1cc(F)c(F)c(S(=O)(=O)NC(C)C)c1.